The van der Waals surface area contributed by atoms with Crippen LogP contribution in [-0.4, -0.2) is 22.8 Å². The van der Waals surface area contributed by atoms with E-state index in [0.717, 1.165) is 18.4 Å². The summed E-state index contributed by atoms with van der Waals surface area (Å²) in [5.74, 6) is -0.352. The van der Waals surface area contributed by atoms with Crippen LogP contribution in [0.2, 0.25) is 0 Å². The molecule has 3 amide bonds. The topological polar surface area (TPSA) is 99.3 Å². The van der Waals surface area contributed by atoms with Gasteiger partial charge in [0, 0.05) is 23.2 Å². The molecule has 7 nitrogen and oxygen atoms in total. The van der Waals surface area contributed by atoms with Gasteiger partial charge in [0.1, 0.15) is 0 Å². The lowest BCUT2D eigenvalue weighted by Gasteiger charge is -2.13. The molecule has 31 heavy (non-hydrogen) atoms. The first-order valence-corrected chi connectivity index (χ1v) is 10.7. The molecule has 162 valence electrons. The second-order valence-corrected chi connectivity index (χ2v) is 8.07. The van der Waals surface area contributed by atoms with Gasteiger partial charge in [-0.05, 0) is 73.8 Å². The van der Waals surface area contributed by atoms with Crippen molar-refractivity contribution >= 4 is 40.7 Å². The molecular weight excluding hydrogens is 412 g/mol. The van der Waals surface area contributed by atoms with E-state index in [1.54, 1.807) is 30.3 Å². The summed E-state index contributed by atoms with van der Waals surface area (Å²) in [6.45, 7) is 1.87. The normalized spacial score (nSPS) is 13.3. The largest absolute Gasteiger partial charge is 0.322 e. The van der Waals surface area contributed by atoms with E-state index >= 15 is 0 Å². The minimum absolute atomic E-state index is 0.0541. The molecular formula is C23H26N4O3S. The molecule has 0 saturated heterocycles. The Kier molecular flexibility index (Phi) is 7.72. The molecule has 0 bridgehead atoms. The zero-order valence-electron chi connectivity index (χ0n) is 17.4. The molecule has 8 heteroatoms. The Morgan fingerprint density at radius 3 is 2.29 bits per heavy atom. The second-order valence-electron chi connectivity index (χ2n) is 7.66. The van der Waals surface area contributed by atoms with Gasteiger partial charge in [-0.15, -0.1) is 0 Å². The molecule has 2 aromatic carbocycles. The van der Waals surface area contributed by atoms with Gasteiger partial charge in [0.15, 0.2) is 5.11 Å². The van der Waals surface area contributed by atoms with Crippen molar-refractivity contribution in [3.05, 3.63) is 65.2 Å². The van der Waals surface area contributed by atoms with Gasteiger partial charge in [-0.1, -0.05) is 31.0 Å². The fraction of sp³-hybridized carbons (Fsp3) is 0.304. The van der Waals surface area contributed by atoms with Crippen molar-refractivity contribution in [3.8, 4) is 0 Å². The zero-order valence-corrected chi connectivity index (χ0v) is 18.2. The number of carbonyl (C=O) groups excluding carboxylic acids is 3. The quantitative estimate of drug-likeness (QED) is 0.423. The Morgan fingerprint density at radius 2 is 1.61 bits per heavy atom. The summed E-state index contributed by atoms with van der Waals surface area (Å²) in [7, 11) is 0. The van der Waals surface area contributed by atoms with Crippen LogP contribution in [-0.2, 0) is 4.79 Å². The maximum Gasteiger partial charge on any atom is 0.269 e. The Labute approximate surface area is 187 Å². The molecule has 3 rings (SSSR count). The van der Waals surface area contributed by atoms with Gasteiger partial charge in [0.25, 0.3) is 11.8 Å². The molecule has 1 aliphatic rings. The molecule has 4 N–H and O–H groups in total. The van der Waals surface area contributed by atoms with Crippen LogP contribution in [0.25, 0.3) is 0 Å². The number of thiocarbonyl (C=S) groups is 1. The van der Waals surface area contributed by atoms with Crippen LogP contribution in [0.3, 0.4) is 0 Å². The molecule has 0 spiro atoms. The monoisotopic (exact) mass is 438 g/mol. The summed E-state index contributed by atoms with van der Waals surface area (Å²) in [6.07, 6.45) is 4.94. The fourth-order valence-corrected chi connectivity index (χ4v) is 3.77. The van der Waals surface area contributed by atoms with Gasteiger partial charge in [0.2, 0.25) is 5.91 Å². The van der Waals surface area contributed by atoms with Gasteiger partial charge in [-0.25, -0.2) is 0 Å². The van der Waals surface area contributed by atoms with Crippen molar-refractivity contribution in [3.63, 3.8) is 0 Å². The number of carbonyl (C=O) groups is 3. The van der Waals surface area contributed by atoms with Crippen molar-refractivity contribution in [2.45, 2.75) is 39.0 Å². The molecule has 0 radical (unpaired) electrons. The van der Waals surface area contributed by atoms with Crippen LogP contribution in [0.15, 0.2) is 48.5 Å². The van der Waals surface area contributed by atoms with E-state index in [0.29, 0.717) is 29.2 Å². The summed E-state index contributed by atoms with van der Waals surface area (Å²) >= 11 is 5.06. The number of hydrazine groups is 1. The Balaban J connectivity index is 1.45. The number of anilines is 1. The number of rotatable bonds is 5. The second kappa shape index (κ2) is 10.7. The number of nitrogens with one attached hydrogen (secondary N) is 4. The third kappa shape index (κ3) is 6.62. The summed E-state index contributed by atoms with van der Waals surface area (Å²) in [5, 5.41) is 5.45. The lowest BCUT2D eigenvalue weighted by molar-refractivity contribution is -0.120. The summed E-state index contributed by atoms with van der Waals surface area (Å²) < 4.78 is 0. The minimum atomic E-state index is -0.413. The van der Waals surface area contributed by atoms with Crippen LogP contribution < -0.4 is 21.5 Å². The van der Waals surface area contributed by atoms with Crippen LogP contribution in [0.4, 0.5) is 5.69 Å². The third-order valence-corrected chi connectivity index (χ3v) is 5.49. The smallest absolute Gasteiger partial charge is 0.269 e. The molecule has 1 aliphatic carbocycles. The van der Waals surface area contributed by atoms with Gasteiger partial charge in [-0.3, -0.25) is 25.2 Å². The zero-order chi connectivity index (χ0) is 22.2. The molecule has 0 unspecified atom stereocenters. The number of aryl methyl sites for hydroxylation is 1. The van der Waals surface area contributed by atoms with E-state index in [1.807, 2.05) is 25.1 Å². The predicted octanol–water partition coefficient (Wildman–Crippen LogP) is 3.46. The first kappa shape index (κ1) is 22.4. The molecule has 0 aromatic heterocycles. The highest BCUT2D eigenvalue weighted by molar-refractivity contribution is 7.80. The first-order valence-electron chi connectivity index (χ1n) is 10.3. The van der Waals surface area contributed by atoms with E-state index in [-0.39, 0.29) is 16.9 Å². The number of hydrogen-bond donors (Lipinski definition) is 4. The Bertz CT molecular complexity index is 969. The SMILES string of the molecule is Cc1ccccc1C(=O)Nc1ccc(C(=O)NNC(=S)NC(=O)CC2CCCC2)cc1. The van der Waals surface area contributed by atoms with Gasteiger partial charge >= 0.3 is 0 Å². The predicted molar refractivity (Wildman–Crippen MR) is 123 cm³/mol. The van der Waals surface area contributed by atoms with Crippen LogP contribution in [0.1, 0.15) is 58.4 Å². The fourth-order valence-electron chi connectivity index (χ4n) is 3.60. The lowest BCUT2D eigenvalue weighted by Crippen LogP contribution is -2.48. The Hall–Kier alpha value is -3.26. The average molecular weight is 439 g/mol. The first-order chi connectivity index (χ1) is 14.9. The number of amides is 3. The summed E-state index contributed by atoms with van der Waals surface area (Å²) in [5.41, 5.74) is 7.43. The highest BCUT2D eigenvalue weighted by Crippen LogP contribution is 2.27. The highest BCUT2D eigenvalue weighted by Gasteiger charge is 2.19. The van der Waals surface area contributed by atoms with Crippen molar-refractivity contribution in [2.75, 3.05) is 5.32 Å². The van der Waals surface area contributed by atoms with E-state index in [9.17, 15) is 14.4 Å². The molecule has 2 aromatic rings. The maximum atomic E-state index is 12.4. The molecule has 1 saturated carbocycles. The van der Waals surface area contributed by atoms with Gasteiger partial charge in [-0.2, -0.15) is 0 Å². The van der Waals surface area contributed by atoms with Crippen molar-refractivity contribution in [1.29, 1.82) is 0 Å². The summed E-state index contributed by atoms with van der Waals surface area (Å²) in [4.78, 5) is 36.6. The van der Waals surface area contributed by atoms with Crippen LogP contribution >= 0.6 is 12.2 Å². The van der Waals surface area contributed by atoms with E-state index < -0.39 is 5.91 Å². The molecule has 1 fully saturated rings. The molecule has 0 aliphatic heterocycles. The van der Waals surface area contributed by atoms with E-state index in [2.05, 4.69) is 21.5 Å². The number of benzene rings is 2. The Morgan fingerprint density at radius 1 is 0.935 bits per heavy atom. The van der Waals surface area contributed by atoms with Crippen molar-refractivity contribution in [1.82, 2.24) is 16.2 Å². The standard InChI is InChI=1S/C23H26N4O3S/c1-15-6-2-5-9-19(15)22(30)24-18-12-10-17(11-13-18)21(29)26-27-23(31)25-20(28)14-16-7-3-4-8-16/h2,5-6,9-13,16H,3-4,7-8,14H2,1H3,(H,24,30)(H,26,29)(H2,25,27,28,31). The lowest BCUT2D eigenvalue weighted by atomic mass is 10.0. The van der Waals surface area contributed by atoms with Crippen LogP contribution in [0.5, 0.6) is 0 Å². The highest BCUT2D eigenvalue weighted by atomic mass is 32.1. The van der Waals surface area contributed by atoms with Crippen molar-refractivity contribution < 1.29 is 14.4 Å². The molecule has 0 heterocycles. The van der Waals surface area contributed by atoms with Gasteiger partial charge in [0.05, 0.1) is 0 Å². The average Bonchev–Trinajstić information content (AvgIpc) is 3.25. The number of hydrogen-bond acceptors (Lipinski definition) is 4. The van der Waals surface area contributed by atoms with Crippen molar-refractivity contribution in [2.24, 2.45) is 5.92 Å². The van der Waals surface area contributed by atoms with Gasteiger partial charge < -0.3 is 10.6 Å². The van der Waals surface area contributed by atoms with E-state index in [4.69, 9.17) is 12.2 Å². The molecule has 0 atom stereocenters. The minimum Gasteiger partial charge on any atom is -0.322 e. The van der Waals surface area contributed by atoms with E-state index in [1.165, 1.54) is 12.8 Å². The van der Waals surface area contributed by atoms with Crippen LogP contribution in [0, 0.1) is 12.8 Å². The summed E-state index contributed by atoms with van der Waals surface area (Å²) in [6, 6.07) is 13.8. The third-order valence-electron chi connectivity index (χ3n) is 5.29. The maximum absolute atomic E-state index is 12.4.